The summed E-state index contributed by atoms with van der Waals surface area (Å²) in [6.07, 6.45) is 3.12. The summed E-state index contributed by atoms with van der Waals surface area (Å²) >= 11 is 0.945. The molecule has 0 saturated carbocycles. The zero-order valence-electron chi connectivity index (χ0n) is 13.2. The van der Waals surface area contributed by atoms with Gasteiger partial charge in [-0.25, -0.2) is 4.79 Å². The fourth-order valence-corrected chi connectivity index (χ4v) is 2.88. The van der Waals surface area contributed by atoms with Crippen molar-refractivity contribution in [1.29, 1.82) is 0 Å². The number of thiophene rings is 1. The van der Waals surface area contributed by atoms with E-state index in [2.05, 4.69) is 10.3 Å². The normalized spacial score (nSPS) is 10.3. The van der Waals surface area contributed by atoms with Crippen molar-refractivity contribution in [2.45, 2.75) is 6.92 Å². The monoisotopic (exact) mass is 354 g/mol. The van der Waals surface area contributed by atoms with Crippen LogP contribution in [0.4, 0.5) is 5.69 Å². The van der Waals surface area contributed by atoms with Gasteiger partial charge in [0.2, 0.25) is 5.06 Å². The fourth-order valence-electron chi connectivity index (χ4n) is 2.06. The maximum Gasteiger partial charge on any atom is 0.346 e. The summed E-state index contributed by atoms with van der Waals surface area (Å²) in [5.74, 6) is -0.922. The lowest BCUT2D eigenvalue weighted by atomic mass is 10.1. The average Bonchev–Trinajstić information content (AvgIpc) is 2.99. The van der Waals surface area contributed by atoms with Gasteiger partial charge in [-0.05, 0) is 37.3 Å². The number of pyridine rings is 1. The summed E-state index contributed by atoms with van der Waals surface area (Å²) < 4.78 is 5.70. The first-order valence-electron chi connectivity index (χ1n) is 7.36. The highest BCUT2D eigenvalue weighted by atomic mass is 32.1. The van der Waals surface area contributed by atoms with Crippen LogP contribution in [-0.2, 0) is 0 Å². The Labute approximate surface area is 147 Å². The van der Waals surface area contributed by atoms with E-state index >= 15 is 0 Å². The molecule has 25 heavy (non-hydrogen) atoms. The molecule has 0 unspecified atom stereocenters. The van der Waals surface area contributed by atoms with Crippen LogP contribution in [0.25, 0.3) is 0 Å². The van der Waals surface area contributed by atoms with E-state index in [9.17, 15) is 14.7 Å². The Morgan fingerprint density at radius 2 is 1.80 bits per heavy atom. The van der Waals surface area contributed by atoms with Gasteiger partial charge in [0, 0.05) is 18.0 Å². The molecule has 1 amide bonds. The first kappa shape index (κ1) is 16.7. The summed E-state index contributed by atoms with van der Waals surface area (Å²) in [5.41, 5.74) is 1.83. The van der Waals surface area contributed by atoms with E-state index in [1.165, 1.54) is 6.07 Å². The van der Waals surface area contributed by atoms with E-state index in [1.807, 2.05) is 19.1 Å². The number of ether oxygens (including phenoxy) is 1. The van der Waals surface area contributed by atoms with Crippen LogP contribution in [0.15, 0.2) is 54.9 Å². The number of carboxylic acids is 1. The van der Waals surface area contributed by atoms with Crippen molar-refractivity contribution < 1.29 is 19.4 Å². The van der Waals surface area contributed by atoms with Crippen LogP contribution < -0.4 is 10.1 Å². The van der Waals surface area contributed by atoms with Gasteiger partial charge in [-0.1, -0.05) is 29.0 Å². The van der Waals surface area contributed by atoms with Crippen LogP contribution in [0.3, 0.4) is 0 Å². The van der Waals surface area contributed by atoms with Gasteiger partial charge in [-0.15, -0.1) is 0 Å². The molecule has 0 spiro atoms. The number of amides is 1. The van der Waals surface area contributed by atoms with E-state index in [0.29, 0.717) is 22.1 Å². The van der Waals surface area contributed by atoms with Crippen molar-refractivity contribution in [2.24, 2.45) is 0 Å². The van der Waals surface area contributed by atoms with Crippen LogP contribution in [-0.4, -0.2) is 22.0 Å². The molecule has 0 fully saturated rings. The summed E-state index contributed by atoms with van der Waals surface area (Å²) in [4.78, 5) is 27.6. The minimum Gasteiger partial charge on any atom is -0.477 e. The Kier molecular flexibility index (Phi) is 4.76. The van der Waals surface area contributed by atoms with Gasteiger partial charge in [0.15, 0.2) is 0 Å². The molecule has 3 rings (SSSR count). The molecular formula is C18H14N2O4S. The molecule has 7 heteroatoms. The summed E-state index contributed by atoms with van der Waals surface area (Å²) in [6.45, 7) is 1.93. The van der Waals surface area contributed by atoms with E-state index < -0.39 is 5.97 Å². The zero-order chi connectivity index (χ0) is 17.8. The Morgan fingerprint density at radius 3 is 2.44 bits per heavy atom. The molecule has 0 bridgehead atoms. The van der Waals surface area contributed by atoms with Gasteiger partial charge in [-0.2, -0.15) is 0 Å². The van der Waals surface area contributed by atoms with Crippen molar-refractivity contribution >= 4 is 28.9 Å². The van der Waals surface area contributed by atoms with Crippen LogP contribution >= 0.6 is 11.3 Å². The molecule has 0 radical (unpaired) electrons. The summed E-state index contributed by atoms with van der Waals surface area (Å²) in [5, 5.41) is 12.2. The SMILES string of the molecule is Cc1ccc(C(=O)Nc2cc(C(=O)O)sc2Oc2ccncc2)cc1. The number of aryl methyl sites for hydroxylation is 1. The minimum atomic E-state index is -1.08. The molecule has 0 aliphatic heterocycles. The number of nitrogens with one attached hydrogen (secondary N) is 1. The van der Waals surface area contributed by atoms with Crippen molar-refractivity contribution in [2.75, 3.05) is 5.32 Å². The smallest absolute Gasteiger partial charge is 0.346 e. The largest absolute Gasteiger partial charge is 0.477 e. The van der Waals surface area contributed by atoms with Crippen LogP contribution in [0.2, 0.25) is 0 Å². The van der Waals surface area contributed by atoms with Crippen molar-refractivity contribution in [1.82, 2.24) is 4.98 Å². The van der Waals surface area contributed by atoms with Gasteiger partial charge < -0.3 is 15.2 Å². The number of aromatic nitrogens is 1. The molecule has 126 valence electrons. The highest BCUT2D eigenvalue weighted by Crippen LogP contribution is 2.38. The highest BCUT2D eigenvalue weighted by molar-refractivity contribution is 7.16. The van der Waals surface area contributed by atoms with Gasteiger partial charge >= 0.3 is 5.97 Å². The number of anilines is 1. The quantitative estimate of drug-likeness (QED) is 0.717. The molecule has 0 saturated heterocycles. The predicted octanol–water partition coefficient (Wildman–Crippen LogP) is 4.19. The van der Waals surface area contributed by atoms with Crippen molar-refractivity contribution in [3.8, 4) is 10.8 Å². The van der Waals surface area contributed by atoms with Gasteiger partial charge in [0.25, 0.3) is 5.91 Å². The molecule has 2 N–H and O–H groups in total. The van der Waals surface area contributed by atoms with Gasteiger partial charge in [-0.3, -0.25) is 9.78 Å². The van der Waals surface area contributed by atoms with Crippen LogP contribution in [0.5, 0.6) is 10.8 Å². The Morgan fingerprint density at radius 1 is 1.12 bits per heavy atom. The zero-order valence-corrected chi connectivity index (χ0v) is 14.0. The molecular weight excluding hydrogens is 340 g/mol. The number of nitrogens with zero attached hydrogens (tertiary/aromatic N) is 1. The van der Waals surface area contributed by atoms with E-state index in [4.69, 9.17) is 4.74 Å². The van der Waals surface area contributed by atoms with Gasteiger partial charge in [0.1, 0.15) is 10.6 Å². The maximum absolute atomic E-state index is 12.4. The number of hydrogen-bond donors (Lipinski definition) is 2. The molecule has 6 nitrogen and oxygen atoms in total. The summed E-state index contributed by atoms with van der Waals surface area (Å²) in [7, 11) is 0. The lowest BCUT2D eigenvalue weighted by Crippen LogP contribution is -2.11. The third-order valence-corrected chi connectivity index (χ3v) is 4.33. The fraction of sp³-hybridized carbons (Fsp3) is 0.0556. The first-order valence-corrected chi connectivity index (χ1v) is 8.17. The number of hydrogen-bond acceptors (Lipinski definition) is 5. The first-order chi connectivity index (χ1) is 12.0. The molecule has 3 aromatic rings. The van der Waals surface area contributed by atoms with Crippen molar-refractivity contribution in [3.05, 3.63) is 70.9 Å². The van der Waals surface area contributed by atoms with E-state index in [-0.39, 0.29) is 10.8 Å². The molecule has 0 aliphatic carbocycles. The second kappa shape index (κ2) is 7.14. The molecule has 1 aromatic carbocycles. The number of aromatic carboxylic acids is 1. The summed E-state index contributed by atoms with van der Waals surface area (Å²) in [6, 6.07) is 11.8. The highest BCUT2D eigenvalue weighted by Gasteiger charge is 2.18. The van der Waals surface area contributed by atoms with Crippen LogP contribution in [0, 0.1) is 6.92 Å². The third kappa shape index (κ3) is 4.02. The number of carbonyl (C=O) groups is 2. The number of carbonyl (C=O) groups excluding carboxylic acids is 1. The standard InChI is InChI=1S/C18H14N2O4S/c1-11-2-4-12(5-3-11)16(21)20-14-10-15(17(22)23)25-18(14)24-13-6-8-19-9-7-13/h2-10H,1H3,(H,20,21)(H,22,23). The topological polar surface area (TPSA) is 88.5 Å². The molecule has 2 aromatic heterocycles. The lowest BCUT2D eigenvalue weighted by Gasteiger charge is -2.08. The molecule has 0 aliphatic rings. The second-order valence-corrected chi connectivity index (χ2v) is 6.24. The minimum absolute atomic E-state index is 0.0725. The Hall–Kier alpha value is -3.19. The Bertz CT molecular complexity index is 905. The second-order valence-electron chi connectivity index (χ2n) is 5.22. The Balaban J connectivity index is 1.87. The van der Waals surface area contributed by atoms with E-state index in [0.717, 1.165) is 16.9 Å². The van der Waals surface area contributed by atoms with Gasteiger partial charge in [0.05, 0.1) is 5.69 Å². The predicted molar refractivity (Wildman–Crippen MR) is 94.7 cm³/mol. The molecule has 2 heterocycles. The third-order valence-electron chi connectivity index (χ3n) is 3.33. The number of carboxylic acid groups (broad SMARTS) is 1. The maximum atomic E-state index is 12.4. The average molecular weight is 354 g/mol. The van der Waals surface area contributed by atoms with Crippen molar-refractivity contribution in [3.63, 3.8) is 0 Å². The van der Waals surface area contributed by atoms with E-state index in [1.54, 1.807) is 36.7 Å². The lowest BCUT2D eigenvalue weighted by molar-refractivity contribution is 0.0702. The number of rotatable bonds is 5. The number of benzene rings is 1. The van der Waals surface area contributed by atoms with Crippen LogP contribution in [0.1, 0.15) is 25.6 Å². The molecule has 0 atom stereocenters.